The highest BCUT2D eigenvalue weighted by Gasteiger charge is 2.35. The molecular formula is C12H22N4O3S. The lowest BCUT2D eigenvalue weighted by Gasteiger charge is -2.23. The standard InChI is InChI=1S/C12H22N4O3S/c1-3-5-13-7-10-8-14-15-11(10)20(17,18)16-12(2)4-6-19-9-12/h8,13,16H,3-7,9H2,1-2H3,(H,14,15). The van der Waals surface area contributed by atoms with Gasteiger partial charge in [-0.15, -0.1) is 0 Å². The Morgan fingerprint density at radius 2 is 2.35 bits per heavy atom. The molecular weight excluding hydrogens is 280 g/mol. The van der Waals surface area contributed by atoms with Crippen LogP contribution in [-0.4, -0.2) is 43.9 Å². The van der Waals surface area contributed by atoms with Crippen molar-refractivity contribution >= 4 is 10.0 Å². The maximum Gasteiger partial charge on any atom is 0.258 e. The summed E-state index contributed by atoms with van der Waals surface area (Å²) < 4.78 is 32.9. The van der Waals surface area contributed by atoms with Crippen LogP contribution in [0.3, 0.4) is 0 Å². The van der Waals surface area contributed by atoms with Crippen LogP contribution in [0.2, 0.25) is 0 Å². The number of nitrogens with one attached hydrogen (secondary N) is 3. The van der Waals surface area contributed by atoms with Crippen molar-refractivity contribution in [1.29, 1.82) is 0 Å². The normalized spacial score (nSPS) is 23.3. The third-order valence-electron chi connectivity index (χ3n) is 3.29. The summed E-state index contributed by atoms with van der Waals surface area (Å²) in [6.45, 7) is 6.19. The van der Waals surface area contributed by atoms with Crippen molar-refractivity contribution in [2.45, 2.75) is 43.8 Å². The van der Waals surface area contributed by atoms with Crippen molar-refractivity contribution in [3.63, 3.8) is 0 Å². The summed E-state index contributed by atoms with van der Waals surface area (Å²) in [5.41, 5.74) is 0.103. The van der Waals surface area contributed by atoms with E-state index < -0.39 is 15.6 Å². The van der Waals surface area contributed by atoms with E-state index in [4.69, 9.17) is 4.74 Å². The Hall–Kier alpha value is -0.960. The first kappa shape index (κ1) is 15.4. The maximum atomic E-state index is 12.4. The van der Waals surface area contributed by atoms with Crippen molar-refractivity contribution in [2.75, 3.05) is 19.8 Å². The van der Waals surface area contributed by atoms with Crippen LogP contribution in [-0.2, 0) is 21.3 Å². The number of ether oxygens (including phenoxy) is 1. The average molecular weight is 302 g/mol. The van der Waals surface area contributed by atoms with Gasteiger partial charge in [0, 0.05) is 18.7 Å². The smallest absolute Gasteiger partial charge is 0.258 e. The van der Waals surface area contributed by atoms with Gasteiger partial charge in [0.05, 0.1) is 18.3 Å². The van der Waals surface area contributed by atoms with Gasteiger partial charge in [0.2, 0.25) is 0 Å². The second-order valence-electron chi connectivity index (χ2n) is 5.37. The minimum absolute atomic E-state index is 0.134. The average Bonchev–Trinajstić information content (AvgIpc) is 2.98. The fourth-order valence-corrected chi connectivity index (χ4v) is 3.74. The van der Waals surface area contributed by atoms with Crippen LogP contribution in [0.5, 0.6) is 0 Å². The molecule has 20 heavy (non-hydrogen) atoms. The Balaban J connectivity index is 2.11. The molecule has 2 heterocycles. The summed E-state index contributed by atoms with van der Waals surface area (Å²) in [6.07, 6.45) is 3.21. The number of aromatic amines is 1. The number of aromatic nitrogens is 2. The molecule has 1 fully saturated rings. The van der Waals surface area contributed by atoms with Gasteiger partial charge in [-0.2, -0.15) is 5.10 Å². The van der Waals surface area contributed by atoms with Crippen molar-refractivity contribution in [2.24, 2.45) is 0 Å². The number of sulfonamides is 1. The van der Waals surface area contributed by atoms with E-state index in [1.54, 1.807) is 6.20 Å². The maximum absolute atomic E-state index is 12.4. The third-order valence-corrected chi connectivity index (χ3v) is 4.94. The first-order valence-electron chi connectivity index (χ1n) is 6.81. The van der Waals surface area contributed by atoms with E-state index in [0.29, 0.717) is 31.7 Å². The van der Waals surface area contributed by atoms with E-state index in [0.717, 1.165) is 13.0 Å². The molecule has 1 aromatic heterocycles. The second kappa shape index (κ2) is 6.21. The largest absolute Gasteiger partial charge is 0.379 e. The fourth-order valence-electron chi connectivity index (χ4n) is 2.18. The van der Waals surface area contributed by atoms with Crippen LogP contribution in [0, 0.1) is 0 Å². The summed E-state index contributed by atoms with van der Waals surface area (Å²) >= 11 is 0. The van der Waals surface area contributed by atoms with Crippen LogP contribution in [0.4, 0.5) is 0 Å². The second-order valence-corrected chi connectivity index (χ2v) is 6.99. The molecule has 8 heteroatoms. The number of H-pyrrole nitrogens is 1. The van der Waals surface area contributed by atoms with Crippen LogP contribution >= 0.6 is 0 Å². The Bertz CT molecular complexity index is 535. The van der Waals surface area contributed by atoms with Crippen LogP contribution in [0.15, 0.2) is 11.2 Å². The number of hydrogen-bond donors (Lipinski definition) is 3. The Kier molecular flexibility index (Phi) is 4.79. The van der Waals surface area contributed by atoms with Gasteiger partial charge in [-0.3, -0.25) is 5.10 Å². The predicted molar refractivity (Wildman–Crippen MR) is 74.7 cm³/mol. The zero-order chi connectivity index (χ0) is 14.6. The zero-order valence-corrected chi connectivity index (χ0v) is 12.7. The molecule has 3 N–H and O–H groups in total. The van der Waals surface area contributed by atoms with E-state index in [1.807, 2.05) is 6.92 Å². The molecule has 1 saturated heterocycles. The molecule has 1 unspecified atom stereocenters. The quantitative estimate of drug-likeness (QED) is 0.632. The SMILES string of the molecule is CCCNCc1cn[nH]c1S(=O)(=O)NC1(C)CCOC1. The predicted octanol–water partition coefficient (Wildman–Crippen LogP) is 0.367. The van der Waals surface area contributed by atoms with Gasteiger partial charge >= 0.3 is 0 Å². The molecule has 1 atom stereocenters. The van der Waals surface area contributed by atoms with Gasteiger partial charge in [-0.05, 0) is 26.3 Å². The van der Waals surface area contributed by atoms with E-state index in [9.17, 15) is 8.42 Å². The minimum atomic E-state index is -3.61. The van der Waals surface area contributed by atoms with E-state index >= 15 is 0 Å². The lowest BCUT2D eigenvalue weighted by molar-refractivity contribution is 0.178. The summed E-state index contributed by atoms with van der Waals surface area (Å²) in [7, 11) is -3.61. The Morgan fingerprint density at radius 3 is 3.00 bits per heavy atom. The molecule has 0 aliphatic carbocycles. The molecule has 0 amide bonds. The summed E-state index contributed by atoms with van der Waals surface area (Å²) in [5.74, 6) is 0. The molecule has 0 bridgehead atoms. The van der Waals surface area contributed by atoms with E-state index in [-0.39, 0.29) is 5.03 Å². The molecule has 1 aromatic rings. The lowest BCUT2D eigenvalue weighted by Crippen LogP contribution is -2.46. The Morgan fingerprint density at radius 1 is 1.55 bits per heavy atom. The van der Waals surface area contributed by atoms with Crippen LogP contribution in [0.1, 0.15) is 32.3 Å². The molecule has 7 nitrogen and oxygen atoms in total. The molecule has 0 spiro atoms. The monoisotopic (exact) mass is 302 g/mol. The van der Waals surface area contributed by atoms with Crippen LogP contribution in [0.25, 0.3) is 0 Å². The van der Waals surface area contributed by atoms with Crippen molar-refractivity contribution < 1.29 is 13.2 Å². The summed E-state index contributed by atoms with van der Waals surface area (Å²) in [4.78, 5) is 0. The lowest BCUT2D eigenvalue weighted by atomic mass is 10.0. The minimum Gasteiger partial charge on any atom is -0.379 e. The van der Waals surface area contributed by atoms with Gasteiger partial charge < -0.3 is 10.1 Å². The van der Waals surface area contributed by atoms with Crippen molar-refractivity contribution in [3.8, 4) is 0 Å². The topological polar surface area (TPSA) is 96.1 Å². The fraction of sp³-hybridized carbons (Fsp3) is 0.750. The zero-order valence-electron chi connectivity index (χ0n) is 11.9. The summed E-state index contributed by atoms with van der Waals surface area (Å²) in [6, 6.07) is 0. The number of rotatable bonds is 7. The van der Waals surface area contributed by atoms with E-state index in [1.165, 1.54) is 0 Å². The third kappa shape index (κ3) is 3.57. The summed E-state index contributed by atoms with van der Waals surface area (Å²) in [5, 5.41) is 9.74. The highest BCUT2D eigenvalue weighted by atomic mass is 32.2. The van der Waals surface area contributed by atoms with Gasteiger partial charge in [0.25, 0.3) is 10.0 Å². The molecule has 1 aliphatic heterocycles. The molecule has 0 radical (unpaired) electrons. The number of nitrogens with zero attached hydrogens (tertiary/aromatic N) is 1. The highest BCUT2D eigenvalue weighted by Crippen LogP contribution is 2.21. The van der Waals surface area contributed by atoms with Gasteiger partial charge in [-0.1, -0.05) is 6.92 Å². The molecule has 0 aromatic carbocycles. The van der Waals surface area contributed by atoms with Gasteiger partial charge in [-0.25, -0.2) is 13.1 Å². The van der Waals surface area contributed by atoms with Gasteiger partial charge in [0.15, 0.2) is 5.03 Å². The molecule has 114 valence electrons. The van der Waals surface area contributed by atoms with Crippen molar-refractivity contribution in [3.05, 3.63) is 11.8 Å². The van der Waals surface area contributed by atoms with Crippen molar-refractivity contribution in [1.82, 2.24) is 20.2 Å². The number of hydrogen-bond acceptors (Lipinski definition) is 5. The highest BCUT2D eigenvalue weighted by molar-refractivity contribution is 7.89. The molecule has 0 saturated carbocycles. The molecule has 2 rings (SSSR count). The first-order chi connectivity index (χ1) is 9.47. The Labute approximate surface area is 119 Å². The van der Waals surface area contributed by atoms with Crippen LogP contribution < -0.4 is 10.0 Å². The molecule has 1 aliphatic rings. The van der Waals surface area contributed by atoms with Gasteiger partial charge in [0.1, 0.15) is 0 Å². The first-order valence-corrected chi connectivity index (χ1v) is 8.30. The van der Waals surface area contributed by atoms with E-state index in [2.05, 4.69) is 27.2 Å².